The fourth-order valence-corrected chi connectivity index (χ4v) is 7.17. The monoisotopic (exact) mass is 672 g/mol. The predicted octanol–water partition coefficient (Wildman–Crippen LogP) is 3.24. The fourth-order valence-electron chi connectivity index (χ4n) is 7.17. The zero-order chi connectivity index (χ0) is 35.0. The van der Waals surface area contributed by atoms with Crippen LogP contribution in [0.25, 0.3) is 22.1 Å². The maximum absolute atomic E-state index is 10.4. The number of hydrogen-bond donors (Lipinski definition) is 6. The van der Waals surface area contributed by atoms with Gasteiger partial charge in [-0.1, -0.05) is 6.42 Å². The van der Waals surface area contributed by atoms with Crippen molar-refractivity contribution in [3.05, 3.63) is 34.6 Å². The van der Waals surface area contributed by atoms with E-state index in [0.29, 0.717) is 41.8 Å². The van der Waals surface area contributed by atoms with Crippen LogP contribution in [-0.2, 0) is 0 Å². The van der Waals surface area contributed by atoms with Gasteiger partial charge in [0.15, 0.2) is 11.3 Å². The quantitative estimate of drug-likeness (QED) is 0.161. The summed E-state index contributed by atoms with van der Waals surface area (Å²) < 4.78 is 0. The largest absolute Gasteiger partial charge is 0.390 e. The van der Waals surface area contributed by atoms with Crippen molar-refractivity contribution >= 4 is 45.6 Å². The van der Waals surface area contributed by atoms with Gasteiger partial charge in [-0.2, -0.15) is 19.9 Å². The molecule has 0 amide bonds. The molecule has 264 valence electrons. The van der Waals surface area contributed by atoms with E-state index in [4.69, 9.17) is 0 Å². The minimum absolute atomic E-state index is 0.0475. The van der Waals surface area contributed by atoms with Gasteiger partial charge < -0.3 is 31.5 Å². The van der Waals surface area contributed by atoms with Crippen molar-refractivity contribution in [2.45, 2.75) is 97.2 Å². The van der Waals surface area contributed by atoms with Crippen molar-refractivity contribution in [1.29, 1.82) is 0 Å². The van der Waals surface area contributed by atoms with Crippen LogP contribution in [0, 0.1) is 27.7 Å². The Morgan fingerprint density at radius 1 is 0.673 bits per heavy atom. The van der Waals surface area contributed by atoms with E-state index in [1.165, 1.54) is 19.3 Å². The lowest BCUT2D eigenvalue weighted by atomic mass is 9.92. The summed E-state index contributed by atoms with van der Waals surface area (Å²) in [5, 5.41) is 35.5. The van der Waals surface area contributed by atoms with Gasteiger partial charge in [-0.25, -0.2) is 9.97 Å². The molecule has 6 heterocycles. The Hall–Kier alpha value is -3.98. The zero-order valence-corrected chi connectivity index (χ0v) is 30.0. The molecule has 14 nitrogen and oxygen atoms in total. The molecule has 4 unspecified atom stereocenters. The Morgan fingerprint density at radius 3 is 1.59 bits per heavy atom. The average Bonchev–Trinajstić information content (AvgIpc) is 3.56. The molecule has 0 bridgehead atoms. The minimum Gasteiger partial charge on any atom is -0.390 e. The number of nitrogens with zero attached hydrogens (tertiary/aromatic N) is 8. The number of aliphatic hydroxyl groups excluding tert-OH is 2. The van der Waals surface area contributed by atoms with E-state index in [1.807, 2.05) is 53.9 Å². The second-order valence-corrected chi connectivity index (χ2v) is 14.1. The van der Waals surface area contributed by atoms with Gasteiger partial charge in [0.25, 0.3) is 0 Å². The normalized spacial score (nSPS) is 23.1. The van der Waals surface area contributed by atoms with Gasteiger partial charge in [0, 0.05) is 63.7 Å². The molecule has 4 aromatic rings. The highest BCUT2D eigenvalue weighted by molar-refractivity contribution is 5.91. The number of β-amino-alcohol motifs (C(OH)–C–C–N with tert-alkyl or cyclic N) is 2. The van der Waals surface area contributed by atoms with Gasteiger partial charge >= 0.3 is 0 Å². The minimum atomic E-state index is -0.433. The predicted molar refractivity (Wildman–Crippen MR) is 195 cm³/mol. The van der Waals surface area contributed by atoms with Gasteiger partial charge in [-0.15, -0.1) is 0 Å². The number of aryl methyl sites for hydroxylation is 4. The standard InChI is InChI=1S/C18H26N6O.C17H26N6O/c1-10-7-11(2)20-17-15(10)16(19-3)22-18(23-17)21-13-8-24(9-14(13)25)12-5-4-6-12;1-9(2)23-7-12(13(24)8-23)20-17-21-15(18-5)14-10(3)6-11(4)19-16(14)22-17/h7,12-14,25H,4-6,8-9H2,1-3H3,(H2,19,20,21,22,23);6,9,12-13,24H,7-8H2,1-5H3,(H2,18,19,20,21,22). The van der Waals surface area contributed by atoms with Crippen molar-refractivity contribution in [1.82, 2.24) is 39.7 Å². The maximum atomic E-state index is 10.4. The molecule has 1 saturated carbocycles. The second kappa shape index (κ2) is 14.5. The SMILES string of the molecule is CNc1nc(NC2CN(C(C)C)CC2O)nc2nc(C)cc(C)c12.CNc1nc(NC2CN(C3CCC3)CC2O)nc2nc(C)cc(C)c12. The first-order chi connectivity index (χ1) is 23.4. The van der Waals surface area contributed by atoms with Crippen molar-refractivity contribution in [2.24, 2.45) is 0 Å². The Labute approximate surface area is 288 Å². The fraction of sp³-hybridized carbons (Fsp3) is 0.600. The topological polar surface area (TPSA) is 172 Å². The summed E-state index contributed by atoms with van der Waals surface area (Å²) >= 11 is 0. The van der Waals surface area contributed by atoms with Crippen LogP contribution < -0.4 is 21.3 Å². The number of likely N-dealkylation sites (tertiary alicyclic amines) is 2. The molecule has 7 rings (SSSR count). The van der Waals surface area contributed by atoms with Gasteiger partial charge in [0.1, 0.15) is 11.6 Å². The molecule has 4 aromatic heterocycles. The third-order valence-electron chi connectivity index (χ3n) is 10.0. The first kappa shape index (κ1) is 34.9. The Bertz CT molecular complexity index is 1800. The van der Waals surface area contributed by atoms with Gasteiger partial charge in [-0.05, 0) is 77.6 Å². The molecule has 3 fully saturated rings. The molecule has 4 atom stereocenters. The lowest BCUT2D eigenvalue weighted by molar-refractivity contribution is 0.123. The van der Waals surface area contributed by atoms with Gasteiger partial charge in [0.05, 0.1) is 35.1 Å². The number of fused-ring (bicyclic) bond motifs is 2. The number of pyridine rings is 2. The van der Waals surface area contributed by atoms with Crippen LogP contribution in [0.15, 0.2) is 12.1 Å². The van der Waals surface area contributed by atoms with E-state index in [1.54, 1.807) is 0 Å². The summed E-state index contributed by atoms with van der Waals surface area (Å²) in [4.78, 5) is 32.1. The number of hydrogen-bond acceptors (Lipinski definition) is 14. The van der Waals surface area contributed by atoms with Crippen molar-refractivity contribution in [3.8, 4) is 0 Å². The molecule has 49 heavy (non-hydrogen) atoms. The van der Waals surface area contributed by atoms with Crippen LogP contribution in [0.4, 0.5) is 23.5 Å². The summed E-state index contributed by atoms with van der Waals surface area (Å²) in [6, 6.07) is 4.98. The highest BCUT2D eigenvalue weighted by Crippen LogP contribution is 2.30. The van der Waals surface area contributed by atoms with Crippen LogP contribution in [0.3, 0.4) is 0 Å². The number of aromatic nitrogens is 6. The summed E-state index contributed by atoms with van der Waals surface area (Å²) in [5.41, 5.74) is 5.42. The van der Waals surface area contributed by atoms with Crippen LogP contribution in [0.5, 0.6) is 0 Å². The Balaban J connectivity index is 0.000000170. The van der Waals surface area contributed by atoms with Crippen LogP contribution in [0.1, 0.15) is 55.6 Å². The van der Waals surface area contributed by atoms with Crippen LogP contribution in [0.2, 0.25) is 0 Å². The van der Waals surface area contributed by atoms with E-state index < -0.39 is 12.2 Å². The first-order valence-electron chi connectivity index (χ1n) is 17.5. The summed E-state index contributed by atoms with van der Waals surface area (Å²) in [5.74, 6) is 2.54. The van der Waals surface area contributed by atoms with Crippen LogP contribution in [-0.4, -0.2) is 127 Å². The van der Waals surface area contributed by atoms with Crippen molar-refractivity contribution in [2.75, 3.05) is 61.5 Å². The summed E-state index contributed by atoms with van der Waals surface area (Å²) in [6.45, 7) is 15.3. The smallest absolute Gasteiger partial charge is 0.227 e. The molecule has 2 saturated heterocycles. The highest BCUT2D eigenvalue weighted by atomic mass is 16.3. The summed E-state index contributed by atoms with van der Waals surface area (Å²) in [7, 11) is 3.70. The molecular weight excluding hydrogens is 620 g/mol. The van der Waals surface area contributed by atoms with E-state index >= 15 is 0 Å². The van der Waals surface area contributed by atoms with E-state index in [9.17, 15) is 10.2 Å². The van der Waals surface area contributed by atoms with Crippen LogP contribution >= 0.6 is 0 Å². The van der Waals surface area contributed by atoms with Crippen molar-refractivity contribution in [3.63, 3.8) is 0 Å². The van der Waals surface area contributed by atoms with E-state index in [-0.39, 0.29) is 12.1 Å². The highest BCUT2D eigenvalue weighted by Gasteiger charge is 2.37. The average molecular weight is 673 g/mol. The van der Waals surface area contributed by atoms with Gasteiger partial charge in [-0.3, -0.25) is 9.80 Å². The molecule has 0 aromatic carbocycles. The Kier molecular flexibility index (Phi) is 10.3. The molecular formula is C35H52N12O2. The lowest BCUT2D eigenvalue weighted by Crippen LogP contribution is -2.39. The second-order valence-electron chi connectivity index (χ2n) is 14.1. The number of nitrogens with one attached hydrogen (secondary N) is 4. The lowest BCUT2D eigenvalue weighted by Gasteiger charge is -2.34. The first-order valence-corrected chi connectivity index (χ1v) is 17.5. The molecule has 2 aliphatic heterocycles. The maximum Gasteiger partial charge on any atom is 0.227 e. The number of rotatable bonds is 8. The third kappa shape index (κ3) is 7.47. The molecule has 1 aliphatic carbocycles. The molecule has 6 N–H and O–H groups in total. The molecule has 3 aliphatic rings. The van der Waals surface area contributed by atoms with E-state index in [2.05, 4.69) is 74.8 Å². The number of anilines is 4. The van der Waals surface area contributed by atoms with E-state index in [0.717, 1.165) is 64.6 Å². The summed E-state index contributed by atoms with van der Waals surface area (Å²) in [6.07, 6.45) is 2.97. The molecule has 14 heteroatoms. The van der Waals surface area contributed by atoms with Gasteiger partial charge in [0.2, 0.25) is 11.9 Å². The Morgan fingerprint density at radius 2 is 1.16 bits per heavy atom. The molecule has 0 spiro atoms. The molecule has 0 radical (unpaired) electrons. The third-order valence-corrected chi connectivity index (χ3v) is 10.0. The zero-order valence-electron chi connectivity index (χ0n) is 30.0. The van der Waals surface area contributed by atoms with Crippen molar-refractivity contribution < 1.29 is 10.2 Å². The number of aliphatic hydroxyl groups is 2.